The number of carbonyl (C=O) groups excluding carboxylic acids is 1. The topological polar surface area (TPSA) is 118 Å². The Bertz CT molecular complexity index is 447. The largest absolute Gasteiger partial charge is 0.506 e. The van der Waals surface area contributed by atoms with E-state index in [1.807, 2.05) is 0 Å². The van der Waals surface area contributed by atoms with E-state index >= 15 is 0 Å². The van der Waals surface area contributed by atoms with E-state index in [9.17, 15) is 20.0 Å². The Labute approximate surface area is 97.4 Å². The predicted molar refractivity (Wildman–Crippen MR) is 61.7 cm³/mol. The van der Waals surface area contributed by atoms with Gasteiger partial charge in [-0.05, 0) is 12.5 Å². The van der Waals surface area contributed by atoms with Gasteiger partial charge in [0.05, 0.1) is 16.7 Å². The second-order valence-electron chi connectivity index (χ2n) is 3.46. The van der Waals surface area contributed by atoms with Crippen molar-refractivity contribution in [2.75, 3.05) is 5.32 Å². The SMILES string of the molecule is CC[C@@H](N)C(=O)Nc1cc([N+](=O)[O-])ccc1O. The Balaban J connectivity index is 2.94. The molecule has 0 aliphatic rings. The van der Waals surface area contributed by atoms with Crippen LogP contribution in [0.3, 0.4) is 0 Å². The van der Waals surface area contributed by atoms with Gasteiger partial charge in [0.2, 0.25) is 5.91 Å². The number of nitrogens with zero attached hydrogens (tertiary/aromatic N) is 1. The van der Waals surface area contributed by atoms with Gasteiger partial charge in [0.1, 0.15) is 5.75 Å². The lowest BCUT2D eigenvalue weighted by molar-refractivity contribution is -0.384. The minimum absolute atomic E-state index is 0.0203. The van der Waals surface area contributed by atoms with E-state index in [0.29, 0.717) is 6.42 Å². The van der Waals surface area contributed by atoms with Crippen LogP contribution in [0.5, 0.6) is 5.75 Å². The van der Waals surface area contributed by atoms with Crippen LogP contribution in [-0.2, 0) is 4.79 Å². The normalized spacial score (nSPS) is 11.9. The van der Waals surface area contributed by atoms with E-state index in [-0.39, 0.29) is 17.1 Å². The first-order chi connectivity index (χ1) is 7.95. The lowest BCUT2D eigenvalue weighted by Gasteiger charge is -2.10. The zero-order valence-corrected chi connectivity index (χ0v) is 9.21. The molecule has 1 aromatic rings. The molecule has 17 heavy (non-hydrogen) atoms. The zero-order valence-electron chi connectivity index (χ0n) is 9.21. The van der Waals surface area contributed by atoms with Crippen LogP contribution in [0, 0.1) is 10.1 Å². The highest BCUT2D eigenvalue weighted by atomic mass is 16.6. The molecule has 1 aromatic carbocycles. The molecule has 0 spiro atoms. The van der Waals surface area contributed by atoms with Crippen molar-refractivity contribution in [2.24, 2.45) is 5.73 Å². The van der Waals surface area contributed by atoms with E-state index in [2.05, 4.69) is 5.32 Å². The molecule has 7 nitrogen and oxygen atoms in total. The molecule has 0 radical (unpaired) electrons. The molecule has 92 valence electrons. The van der Waals surface area contributed by atoms with Crippen LogP contribution in [-0.4, -0.2) is 22.0 Å². The quantitative estimate of drug-likeness (QED) is 0.411. The number of nitrogens with two attached hydrogens (primary N) is 1. The maximum Gasteiger partial charge on any atom is 0.271 e. The third-order valence-corrected chi connectivity index (χ3v) is 2.23. The third kappa shape index (κ3) is 3.15. The number of phenols is 1. The van der Waals surface area contributed by atoms with Crippen molar-refractivity contribution in [3.8, 4) is 5.75 Å². The third-order valence-electron chi connectivity index (χ3n) is 2.23. The number of hydrogen-bond donors (Lipinski definition) is 3. The number of benzene rings is 1. The predicted octanol–water partition coefficient (Wildman–Crippen LogP) is 0.976. The Morgan fingerprint density at radius 3 is 2.82 bits per heavy atom. The Hall–Kier alpha value is -2.15. The number of hydrogen-bond acceptors (Lipinski definition) is 5. The summed E-state index contributed by atoms with van der Waals surface area (Å²) in [5.74, 6) is -0.740. The smallest absolute Gasteiger partial charge is 0.271 e. The highest BCUT2D eigenvalue weighted by Crippen LogP contribution is 2.27. The second kappa shape index (κ2) is 5.26. The maximum absolute atomic E-state index is 11.5. The van der Waals surface area contributed by atoms with Crippen LogP contribution in [0.25, 0.3) is 0 Å². The summed E-state index contributed by atoms with van der Waals surface area (Å²) in [4.78, 5) is 21.4. The van der Waals surface area contributed by atoms with Gasteiger partial charge in [0.25, 0.3) is 5.69 Å². The molecule has 0 bridgehead atoms. The van der Waals surface area contributed by atoms with Crippen molar-refractivity contribution in [1.82, 2.24) is 0 Å². The molecule has 4 N–H and O–H groups in total. The van der Waals surface area contributed by atoms with E-state index in [4.69, 9.17) is 5.73 Å². The molecular formula is C10H13N3O4. The highest BCUT2D eigenvalue weighted by molar-refractivity contribution is 5.96. The van der Waals surface area contributed by atoms with Gasteiger partial charge in [0.15, 0.2) is 0 Å². The first-order valence-electron chi connectivity index (χ1n) is 4.99. The fourth-order valence-corrected chi connectivity index (χ4v) is 1.15. The number of rotatable bonds is 4. The molecule has 0 aliphatic carbocycles. The van der Waals surface area contributed by atoms with Crippen LogP contribution >= 0.6 is 0 Å². The molecule has 0 unspecified atom stereocenters. The molecule has 0 saturated heterocycles. The summed E-state index contributed by atoms with van der Waals surface area (Å²) in [6.45, 7) is 1.73. The number of nitro groups is 1. The molecule has 0 aliphatic heterocycles. The molecule has 0 heterocycles. The molecule has 1 rings (SSSR count). The van der Waals surface area contributed by atoms with Gasteiger partial charge in [-0.15, -0.1) is 0 Å². The Morgan fingerprint density at radius 1 is 1.65 bits per heavy atom. The summed E-state index contributed by atoms with van der Waals surface area (Å²) in [5, 5.41) is 22.3. The number of non-ortho nitro benzene ring substituents is 1. The van der Waals surface area contributed by atoms with Crippen LogP contribution < -0.4 is 11.1 Å². The zero-order chi connectivity index (χ0) is 13.0. The van der Waals surface area contributed by atoms with E-state index in [0.717, 1.165) is 18.2 Å². The van der Waals surface area contributed by atoms with Gasteiger partial charge in [-0.2, -0.15) is 0 Å². The lowest BCUT2D eigenvalue weighted by atomic mass is 10.2. The minimum atomic E-state index is -0.714. The molecule has 0 fully saturated rings. The molecule has 7 heteroatoms. The fraction of sp³-hybridized carbons (Fsp3) is 0.300. The van der Waals surface area contributed by atoms with Gasteiger partial charge in [-0.25, -0.2) is 0 Å². The minimum Gasteiger partial charge on any atom is -0.506 e. The average Bonchev–Trinajstić information content (AvgIpc) is 2.30. The van der Waals surface area contributed by atoms with Crippen LogP contribution in [0.15, 0.2) is 18.2 Å². The summed E-state index contributed by atoms with van der Waals surface area (Å²) >= 11 is 0. The lowest BCUT2D eigenvalue weighted by Crippen LogP contribution is -2.34. The van der Waals surface area contributed by atoms with Crippen LogP contribution in [0.2, 0.25) is 0 Å². The summed E-state index contributed by atoms with van der Waals surface area (Å²) < 4.78 is 0. The first kappa shape index (κ1) is 12.9. The van der Waals surface area contributed by atoms with Crippen LogP contribution in [0.1, 0.15) is 13.3 Å². The van der Waals surface area contributed by atoms with Crippen molar-refractivity contribution in [3.63, 3.8) is 0 Å². The highest BCUT2D eigenvalue weighted by Gasteiger charge is 2.15. The standard InChI is InChI=1S/C10H13N3O4/c1-2-7(11)10(15)12-8-5-6(13(16)17)3-4-9(8)14/h3-5,7,14H,2,11H2,1H3,(H,12,15)/t7-/m1/s1. The number of aromatic hydroxyl groups is 1. The number of carbonyl (C=O) groups is 1. The molecule has 0 aromatic heterocycles. The summed E-state index contributed by atoms with van der Waals surface area (Å²) in [7, 11) is 0. The summed E-state index contributed by atoms with van der Waals surface area (Å²) in [6, 6.07) is 2.65. The Kier molecular flexibility index (Phi) is 4.00. The average molecular weight is 239 g/mol. The monoisotopic (exact) mass is 239 g/mol. The molecule has 0 saturated carbocycles. The molecule has 1 amide bonds. The van der Waals surface area contributed by atoms with Gasteiger partial charge in [-0.3, -0.25) is 14.9 Å². The van der Waals surface area contributed by atoms with E-state index < -0.39 is 16.9 Å². The van der Waals surface area contributed by atoms with Crippen molar-refractivity contribution in [1.29, 1.82) is 0 Å². The van der Waals surface area contributed by atoms with Crippen molar-refractivity contribution < 1.29 is 14.8 Å². The number of nitrogens with one attached hydrogen (secondary N) is 1. The molecule has 1 atom stereocenters. The van der Waals surface area contributed by atoms with Gasteiger partial charge in [0, 0.05) is 12.1 Å². The van der Waals surface area contributed by atoms with Crippen LogP contribution in [0.4, 0.5) is 11.4 Å². The van der Waals surface area contributed by atoms with Gasteiger partial charge >= 0.3 is 0 Å². The number of amides is 1. The van der Waals surface area contributed by atoms with Gasteiger partial charge in [-0.1, -0.05) is 6.92 Å². The van der Waals surface area contributed by atoms with Crippen molar-refractivity contribution in [2.45, 2.75) is 19.4 Å². The second-order valence-corrected chi connectivity index (χ2v) is 3.46. The summed E-state index contributed by atoms with van der Waals surface area (Å²) in [5.41, 5.74) is 5.25. The van der Waals surface area contributed by atoms with Crippen molar-refractivity contribution >= 4 is 17.3 Å². The number of phenolic OH excluding ortho intramolecular Hbond substituents is 1. The summed E-state index contributed by atoms with van der Waals surface area (Å²) in [6.07, 6.45) is 0.432. The Morgan fingerprint density at radius 2 is 2.29 bits per heavy atom. The first-order valence-corrected chi connectivity index (χ1v) is 4.99. The maximum atomic E-state index is 11.5. The van der Waals surface area contributed by atoms with E-state index in [1.54, 1.807) is 6.92 Å². The van der Waals surface area contributed by atoms with E-state index in [1.165, 1.54) is 0 Å². The van der Waals surface area contributed by atoms with Crippen molar-refractivity contribution in [3.05, 3.63) is 28.3 Å². The fourth-order valence-electron chi connectivity index (χ4n) is 1.15. The number of nitro benzene ring substituents is 1. The number of anilines is 1. The molecular weight excluding hydrogens is 226 g/mol. The van der Waals surface area contributed by atoms with Gasteiger partial charge < -0.3 is 16.2 Å².